The van der Waals surface area contributed by atoms with Gasteiger partial charge in [0.2, 0.25) is 0 Å². The summed E-state index contributed by atoms with van der Waals surface area (Å²) in [6.07, 6.45) is 6.31. The number of esters is 1. The fourth-order valence-electron chi connectivity index (χ4n) is 1.63. The monoisotopic (exact) mass is 273 g/mol. The highest BCUT2D eigenvalue weighted by atomic mass is 16.5. The summed E-state index contributed by atoms with van der Waals surface area (Å²) in [5, 5.41) is 3.46. The zero-order valence-corrected chi connectivity index (χ0v) is 11.6. The van der Waals surface area contributed by atoms with Crippen molar-refractivity contribution in [3.8, 4) is 0 Å². The van der Waals surface area contributed by atoms with Gasteiger partial charge in [-0.3, -0.25) is 0 Å². The summed E-state index contributed by atoms with van der Waals surface area (Å²) in [6.45, 7) is 2.36. The molecule has 1 unspecified atom stereocenters. The fraction of sp³-hybridized carbons (Fsp3) is 0.400. The van der Waals surface area contributed by atoms with Crippen LogP contribution in [0.3, 0.4) is 0 Å². The van der Waals surface area contributed by atoms with Crippen molar-refractivity contribution in [2.24, 2.45) is 5.11 Å². The van der Waals surface area contributed by atoms with Crippen molar-refractivity contribution in [1.29, 1.82) is 0 Å². The number of unbranched alkanes of at least 4 members (excludes halogenated alkanes) is 2. The first-order valence-electron chi connectivity index (χ1n) is 6.67. The molecule has 0 radical (unpaired) electrons. The predicted molar refractivity (Wildman–Crippen MR) is 78.3 cm³/mol. The number of allylic oxidation sites excluding steroid dienone is 1. The first-order valence-corrected chi connectivity index (χ1v) is 6.67. The van der Waals surface area contributed by atoms with Gasteiger partial charge < -0.3 is 4.74 Å². The number of benzene rings is 1. The van der Waals surface area contributed by atoms with Crippen molar-refractivity contribution < 1.29 is 9.53 Å². The van der Waals surface area contributed by atoms with Crippen molar-refractivity contribution in [2.45, 2.75) is 32.3 Å². The van der Waals surface area contributed by atoms with Gasteiger partial charge in [-0.05, 0) is 49.9 Å². The second-order valence-electron chi connectivity index (χ2n) is 4.35. The quantitative estimate of drug-likeness (QED) is 0.177. The molecule has 0 spiro atoms. The number of ether oxygens (including phenoxy) is 1. The van der Waals surface area contributed by atoms with E-state index in [4.69, 9.17) is 10.3 Å². The minimum absolute atomic E-state index is 0.250. The Hall–Kier alpha value is -2.26. The van der Waals surface area contributed by atoms with E-state index in [0.29, 0.717) is 12.1 Å². The molecule has 106 valence electrons. The molecular weight excluding hydrogens is 254 g/mol. The summed E-state index contributed by atoms with van der Waals surface area (Å²) in [4.78, 5) is 14.5. The van der Waals surface area contributed by atoms with E-state index in [1.54, 1.807) is 24.3 Å². The van der Waals surface area contributed by atoms with Gasteiger partial charge in [0.25, 0.3) is 0 Å². The van der Waals surface area contributed by atoms with E-state index >= 15 is 0 Å². The van der Waals surface area contributed by atoms with Gasteiger partial charge in [0.05, 0.1) is 5.56 Å². The zero-order valence-electron chi connectivity index (χ0n) is 11.6. The average molecular weight is 273 g/mol. The molecule has 0 fully saturated rings. The molecule has 1 aromatic rings. The van der Waals surface area contributed by atoms with Gasteiger partial charge in [0.1, 0.15) is 6.10 Å². The second kappa shape index (κ2) is 9.64. The molecule has 0 aliphatic heterocycles. The Morgan fingerprint density at radius 3 is 2.85 bits per heavy atom. The Morgan fingerprint density at radius 1 is 1.40 bits per heavy atom. The summed E-state index contributed by atoms with van der Waals surface area (Å²) in [6, 6.07) is 8.93. The second-order valence-corrected chi connectivity index (χ2v) is 4.35. The van der Waals surface area contributed by atoms with E-state index in [-0.39, 0.29) is 12.1 Å². The highest BCUT2D eigenvalue weighted by Crippen LogP contribution is 2.05. The average Bonchev–Trinajstić information content (AvgIpc) is 2.47. The van der Waals surface area contributed by atoms with Crippen molar-refractivity contribution in [3.05, 3.63) is 58.5 Å². The van der Waals surface area contributed by atoms with Crippen LogP contribution in [0.5, 0.6) is 0 Å². The molecular formula is C15H19N3O2. The third-order valence-electron chi connectivity index (χ3n) is 2.65. The summed E-state index contributed by atoms with van der Waals surface area (Å²) < 4.78 is 5.29. The van der Waals surface area contributed by atoms with Gasteiger partial charge in [0, 0.05) is 11.5 Å². The summed E-state index contributed by atoms with van der Waals surface area (Å²) >= 11 is 0. The Bertz CT molecular complexity index is 479. The normalized spacial score (nSPS) is 11.8. The number of nitrogens with zero attached hydrogens (tertiary/aromatic N) is 3. The predicted octanol–water partition coefficient (Wildman–Crippen LogP) is 4.27. The molecule has 0 aliphatic carbocycles. The van der Waals surface area contributed by atoms with Crippen molar-refractivity contribution in [3.63, 3.8) is 0 Å². The summed E-state index contributed by atoms with van der Waals surface area (Å²) in [5.41, 5.74) is 8.67. The Labute approximate surface area is 118 Å². The van der Waals surface area contributed by atoms with Crippen molar-refractivity contribution in [1.82, 2.24) is 0 Å². The summed E-state index contributed by atoms with van der Waals surface area (Å²) in [5.74, 6) is -0.314. The maximum absolute atomic E-state index is 11.8. The fourth-order valence-corrected chi connectivity index (χ4v) is 1.63. The topological polar surface area (TPSA) is 75.1 Å². The van der Waals surface area contributed by atoms with E-state index < -0.39 is 0 Å². The van der Waals surface area contributed by atoms with Crippen LogP contribution in [-0.2, 0) is 4.74 Å². The third kappa shape index (κ3) is 6.61. The van der Waals surface area contributed by atoms with Crippen LogP contribution < -0.4 is 0 Å². The summed E-state index contributed by atoms with van der Waals surface area (Å²) in [7, 11) is 0. The van der Waals surface area contributed by atoms with Gasteiger partial charge in [-0.25, -0.2) is 4.79 Å². The maximum atomic E-state index is 11.8. The SMILES string of the molecule is CC(/C=C/CCCCN=[N+]=[N-])OC(=O)c1ccccc1. The van der Waals surface area contributed by atoms with Gasteiger partial charge >= 0.3 is 5.97 Å². The number of hydrogen-bond acceptors (Lipinski definition) is 3. The molecule has 0 bridgehead atoms. The van der Waals surface area contributed by atoms with Crippen LogP contribution in [0.1, 0.15) is 36.5 Å². The lowest BCUT2D eigenvalue weighted by Crippen LogP contribution is -2.12. The van der Waals surface area contributed by atoms with Crippen LogP contribution >= 0.6 is 0 Å². The molecule has 1 rings (SSSR count). The first kappa shape index (κ1) is 15.8. The lowest BCUT2D eigenvalue weighted by Gasteiger charge is -2.09. The maximum Gasteiger partial charge on any atom is 0.338 e. The van der Waals surface area contributed by atoms with E-state index in [9.17, 15) is 4.79 Å². The number of carbonyl (C=O) groups excluding carboxylic acids is 1. The lowest BCUT2D eigenvalue weighted by atomic mass is 10.2. The molecule has 20 heavy (non-hydrogen) atoms. The van der Waals surface area contributed by atoms with Gasteiger partial charge in [-0.15, -0.1) is 0 Å². The molecule has 0 amide bonds. The van der Waals surface area contributed by atoms with Crippen molar-refractivity contribution >= 4 is 5.97 Å². The lowest BCUT2D eigenvalue weighted by molar-refractivity contribution is 0.0424. The van der Waals surface area contributed by atoms with Crippen molar-refractivity contribution in [2.75, 3.05) is 6.54 Å². The molecule has 1 atom stereocenters. The number of azide groups is 1. The van der Waals surface area contributed by atoms with Crippen LogP contribution in [0.25, 0.3) is 10.4 Å². The zero-order chi connectivity index (χ0) is 14.6. The molecule has 5 heteroatoms. The van der Waals surface area contributed by atoms with Crippen LogP contribution in [0.2, 0.25) is 0 Å². The minimum Gasteiger partial charge on any atom is -0.455 e. The Kier molecular flexibility index (Phi) is 7.62. The van der Waals surface area contributed by atoms with Gasteiger partial charge in [-0.1, -0.05) is 29.4 Å². The molecule has 0 aliphatic rings. The van der Waals surface area contributed by atoms with E-state index in [0.717, 1.165) is 19.3 Å². The van der Waals surface area contributed by atoms with Crippen LogP contribution in [0, 0.1) is 0 Å². The number of hydrogen-bond donors (Lipinski definition) is 0. The highest BCUT2D eigenvalue weighted by Gasteiger charge is 2.08. The smallest absolute Gasteiger partial charge is 0.338 e. The molecule has 0 saturated carbocycles. The highest BCUT2D eigenvalue weighted by molar-refractivity contribution is 5.89. The van der Waals surface area contributed by atoms with Crippen LogP contribution in [-0.4, -0.2) is 18.6 Å². The number of carbonyl (C=O) groups is 1. The molecule has 1 aromatic carbocycles. The van der Waals surface area contributed by atoms with Gasteiger partial charge in [-0.2, -0.15) is 0 Å². The first-order chi connectivity index (χ1) is 9.74. The van der Waals surface area contributed by atoms with E-state index in [1.807, 2.05) is 25.1 Å². The van der Waals surface area contributed by atoms with E-state index in [2.05, 4.69) is 10.0 Å². The molecule has 5 nitrogen and oxygen atoms in total. The molecule has 0 heterocycles. The Balaban J connectivity index is 2.24. The van der Waals surface area contributed by atoms with Crippen LogP contribution in [0.15, 0.2) is 47.6 Å². The molecule has 0 aromatic heterocycles. The molecule has 0 saturated heterocycles. The minimum atomic E-state index is -0.314. The van der Waals surface area contributed by atoms with Gasteiger partial charge in [0.15, 0.2) is 0 Å². The standard InChI is InChI=1S/C15H19N3O2/c1-13(9-5-2-3-8-12-17-18-16)20-15(19)14-10-6-4-7-11-14/h4-7,9-11,13H,2-3,8,12H2,1H3/b9-5+. The largest absolute Gasteiger partial charge is 0.455 e. The number of rotatable bonds is 8. The van der Waals surface area contributed by atoms with Crippen LogP contribution in [0.4, 0.5) is 0 Å². The third-order valence-corrected chi connectivity index (χ3v) is 2.65. The molecule has 0 N–H and O–H groups in total. The van der Waals surface area contributed by atoms with E-state index in [1.165, 1.54) is 0 Å². The Morgan fingerprint density at radius 2 is 2.15 bits per heavy atom.